The standard InChI is InChI=1S/C27H23BrFN3O6S2/c1-38-24-12-10-23(11-13-24)32(40(36,37)26-14-4-20(29)5-15-26)18-27(33)30-21-8-16-25(17-9-21)39(34,35)31-22-6-2-19(28)3-7-22/h2-17,31H,18H2,1H3,(H,30,33). The average Bonchev–Trinajstić information content (AvgIpc) is 2.93. The molecule has 4 rings (SSSR count). The second-order valence-corrected chi connectivity index (χ2v) is 12.8. The van der Waals surface area contributed by atoms with Crippen molar-refractivity contribution in [3.05, 3.63) is 107 Å². The van der Waals surface area contributed by atoms with Crippen molar-refractivity contribution in [2.24, 2.45) is 0 Å². The van der Waals surface area contributed by atoms with Crippen LogP contribution in [0.1, 0.15) is 0 Å². The van der Waals surface area contributed by atoms with Gasteiger partial charge in [-0.25, -0.2) is 21.2 Å². The van der Waals surface area contributed by atoms with E-state index in [1.165, 1.54) is 43.5 Å². The van der Waals surface area contributed by atoms with E-state index in [1.807, 2.05) is 0 Å². The number of amides is 1. The highest BCUT2D eigenvalue weighted by atomic mass is 79.9. The number of rotatable bonds is 10. The van der Waals surface area contributed by atoms with E-state index >= 15 is 0 Å². The molecule has 0 aromatic heterocycles. The molecule has 0 atom stereocenters. The van der Waals surface area contributed by atoms with Crippen molar-refractivity contribution in [3.8, 4) is 5.75 Å². The lowest BCUT2D eigenvalue weighted by Gasteiger charge is -2.24. The lowest BCUT2D eigenvalue weighted by molar-refractivity contribution is -0.114. The number of hydrogen-bond donors (Lipinski definition) is 2. The molecule has 0 spiro atoms. The minimum Gasteiger partial charge on any atom is -0.497 e. The van der Waals surface area contributed by atoms with Crippen molar-refractivity contribution in [1.29, 1.82) is 0 Å². The van der Waals surface area contributed by atoms with Gasteiger partial charge in [-0.2, -0.15) is 0 Å². The molecule has 0 unspecified atom stereocenters. The van der Waals surface area contributed by atoms with Gasteiger partial charge in [0, 0.05) is 15.8 Å². The smallest absolute Gasteiger partial charge is 0.264 e. The van der Waals surface area contributed by atoms with E-state index in [-0.39, 0.29) is 21.2 Å². The van der Waals surface area contributed by atoms with Gasteiger partial charge in [0.05, 0.1) is 22.6 Å². The number of nitrogens with zero attached hydrogens (tertiary/aromatic N) is 1. The van der Waals surface area contributed by atoms with Gasteiger partial charge in [-0.05, 0) is 97.1 Å². The summed E-state index contributed by atoms with van der Waals surface area (Å²) in [6.45, 7) is -0.614. The molecule has 0 bridgehead atoms. The normalized spacial score (nSPS) is 11.5. The Labute approximate surface area is 239 Å². The fraction of sp³-hybridized carbons (Fsp3) is 0.0741. The van der Waals surface area contributed by atoms with E-state index in [0.29, 0.717) is 11.4 Å². The minimum atomic E-state index is -4.26. The Morgan fingerprint density at radius 1 is 0.800 bits per heavy atom. The molecule has 0 saturated carbocycles. The lowest BCUT2D eigenvalue weighted by Crippen LogP contribution is -2.38. The van der Waals surface area contributed by atoms with Crippen LogP contribution in [0.25, 0.3) is 0 Å². The summed E-state index contributed by atoms with van der Waals surface area (Å²) >= 11 is 3.29. The van der Waals surface area contributed by atoms with E-state index < -0.39 is 38.3 Å². The van der Waals surface area contributed by atoms with Crippen molar-refractivity contribution < 1.29 is 30.8 Å². The van der Waals surface area contributed by atoms with Crippen LogP contribution in [0.4, 0.5) is 21.5 Å². The van der Waals surface area contributed by atoms with Crippen LogP contribution >= 0.6 is 15.9 Å². The van der Waals surface area contributed by atoms with Gasteiger partial charge in [0.25, 0.3) is 20.0 Å². The molecular weight excluding hydrogens is 625 g/mol. The molecule has 2 N–H and O–H groups in total. The molecule has 208 valence electrons. The predicted octanol–water partition coefficient (Wildman–Crippen LogP) is 5.23. The molecule has 0 saturated heterocycles. The first-order valence-corrected chi connectivity index (χ1v) is 15.3. The molecule has 0 aliphatic heterocycles. The number of carbonyl (C=O) groups excluding carboxylic acids is 1. The monoisotopic (exact) mass is 647 g/mol. The van der Waals surface area contributed by atoms with Crippen molar-refractivity contribution in [2.45, 2.75) is 9.79 Å². The predicted molar refractivity (Wildman–Crippen MR) is 154 cm³/mol. The Morgan fingerprint density at radius 2 is 1.35 bits per heavy atom. The zero-order valence-corrected chi connectivity index (χ0v) is 24.1. The van der Waals surface area contributed by atoms with Gasteiger partial charge in [0.2, 0.25) is 5.91 Å². The molecule has 13 heteroatoms. The molecule has 0 fully saturated rings. The quantitative estimate of drug-likeness (QED) is 0.243. The molecule has 0 aliphatic rings. The van der Waals surface area contributed by atoms with Crippen LogP contribution in [0.15, 0.2) is 111 Å². The number of hydrogen-bond acceptors (Lipinski definition) is 6. The summed E-state index contributed by atoms with van der Waals surface area (Å²) in [5.41, 5.74) is 0.809. The topological polar surface area (TPSA) is 122 Å². The number of sulfonamides is 2. The largest absolute Gasteiger partial charge is 0.497 e. The SMILES string of the molecule is COc1ccc(N(CC(=O)Nc2ccc(S(=O)(=O)Nc3ccc(Br)cc3)cc2)S(=O)(=O)c2ccc(F)cc2)cc1. The second-order valence-electron chi connectivity index (χ2n) is 8.35. The van der Waals surface area contributed by atoms with Crippen molar-refractivity contribution in [3.63, 3.8) is 0 Å². The Bertz CT molecular complexity index is 1700. The summed E-state index contributed by atoms with van der Waals surface area (Å²) < 4.78 is 75.0. The Hall–Kier alpha value is -3.94. The first-order valence-electron chi connectivity index (χ1n) is 11.6. The maximum Gasteiger partial charge on any atom is 0.264 e. The average molecular weight is 649 g/mol. The zero-order chi connectivity index (χ0) is 28.9. The van der Waals surface area contributed by atoms with Gasteiger partial charge < -0.3 is 10.1 Å². The van der Waals surface area contributed by atoms with Crippen LogP contribution in [0.5, 0.6) is 5.75 Å². The van der Waals surface area contributed by atoms with Crippen LogP contribution in [0, 0.1) is 5.82 Å². The molecule has 0 heterocycles. The molecular formula is C27H23BrFN3O6S2. The van der Waals surface area contributed by atoms with Gasteiger partial charge in [0.15, 0.2) is 0 Å². The third kappa shape index (κ3) is 6.97. The second kappa shape index (κ2) is 12.1. The van der Waals surface area contributed by atoms with Crippen LogP contribution in [-0.4, -0.2) is 36.4 Å². The third-order valence-corrected chi connectivity index (χ3v) is 9.31. The van der Waals surface area contributed by atoms with E-state index in [9.17, 15) is 26.0 Å². The third-order valence-electron chi connectivity index (χ3n) is 5.59. The lowest BCUT2D eigenvalue weighted by atomic mass is 10.3. The fourth-order valence-corrected chi connectivity index (χ4v) is 6.32. The highest BCUT2D eigenvalue weighted by molar-refractivity contribution is 9.10. The number of methoxy groups -OCH3 is 1. The molecule has 1 amide bonds. The molecule has 4 aromatic rings. The van der Waals surface area contributed by atoms with Crippen LogP contribution in [0.2, 0.25) is 0 Å². The summed E-state index contributed by atoms with van der Waals surface area (Å²) in [5, 5.41) is 2.58. The van der Waals surface area contributed by atoms with E-state index in [4.69, 9.17) is 4.74 Å². The number of benzene rings is 4. The van der Waals surface area contributed by atoms with Crippen molar-refractivity contribution in [1.82, 2.24) is 0 Å². The van der Waals surface area contributed by atoms with Crippen molar-refractivity contribution in [2.75, 3.05) is 28.0 Å². The highest BCUT2D eigenvalue weighted by Gasteiger charge is 2.27. The summed E-state index contributed by atoms with van der Waals surface area (Å²) in [7, 11) is -6.69. The van der Waals surface area contributed by atoms with Gasteiger partial charge >= 0.3 is 0 Å². The van der Waals surface area contributed by atoms with E-state index in [0.717, 1.165) is 33.0 Å². The highest BCUT2D eigenvalue weighted by Crippen LogP contribution is 2.26. The van der Waals surface area contributed by atoms with Gasteiger partial charge in [-0.3, -0.25) is 13.8 Å². The van der Waals surface area contributed by atoms with Crippen LogP contribution in [0.3, 0.4) is 0 Å². The Morgan fingerprint density at radius 3 is 1.93 bits per heavy atom. The molecule has 0 aliphatic carbocycles. The molecule has 0 radical (unpaired) electrons. The number of carbonyl (C=O) groups is 1. The summed E-state index contributed by atoms with van der Waals surface area (Å²) in [4.78, 5) is 12.7. The Kier molecular flexibility index (Phi) is 8.76. The van der Waals surface area contributed by atoms with Crippen LogP contribution < -0.4 is 19.1 Å². The molecule has 4 aromatic carbocycles. The van der Waals surface area contributed by atoms with E-state index in [2.05, 4.69) is 26.0 Å². The maximum absolute atomic E-state index is 13.4. The van der Waals surface area contributed by atoms with Gasteiger partial charge in [0.1, 0.15) is 18.1 Å². The van der Waals surface area contributed by atoms with Crippen molar-refractivity contribution >= 4 is 58.9 Å². The van der Waals surface area contributed by atoms with Crippen LogP contribution in [-0.2, 0) is 24.8 Å². The molecule has 40 heavy (non-hydrogen) atoms. The number of ether oxygens (including phenoxy) is 1. The zero-order valence-electron chi connectivity index (χ0n) is 20.9. The summed E-state index contributed by atoms with van der Waals surface area (Å²) in [6, 6.07) is 22.3. The Balaban J connectivity index is 1.53. The number of nitrogens with one attached hydrogen (secondary N) is 2. The number of halogens is 2. The maximum atomic E-state index is 13.4. The first-order chi connectivity index (χ1) is 19.0. The molecule has 9 nitrogen and oxygen atoms in total. The summed E-state index contributed by atoms with van der Waals surface area (Å²) in [6.07, 6.45) is 0. The minimum absolute atomic E-state index is 0.0350. The van der Waals surface area contributed by atoms with Gasteiger partial charge in [-0.1, -0.05) is 15.9 Å². The fourth-order valence-electron chi connectivity index (χ4n) is 3.58. The van der Waals surface area contributed by atoms with E-state index in [1.54, 1.807) is 36.4 Å². The number of anilines is 3. The first kappa shape index (κ1) is 29.1. The summed E-state index contributed by atoms with van der Waals surface area (Å²) in [5.74, 6) is -0.813. The van der Waals surface area contributed by atoms with Gasteiger partial charge in [-0.15, -0.1) is 0 Å².